The Morgan fingerprint density at radius 3 is 2.68 bits per heavy atom. The molecular weight excluding hydrogens is 396 g/mol. The minimum atomic E-state index is -0.578. The lowest BCUT2D eigenvalue weighted by molar-refractivity contribution is -0.126. The maximum atomic E-state index is 12.7. The van der Waals surface area contributed by atoms with E-state index in [1.165, 1.54) is 0 Å². The van der Waals surface area contributed by atoms with Crippen molar-refractivity contribution >= 4 is 34.3 Å². The molecule has 160 valence electrons. The number of methoxy groups -OCH3 is 1. The van der Waals surface area contributed by atoms with Crippen LogP contribution in [0.1, 0.15) is 22.3 Å². The van der Waals surface area contributed by atoms with E-state index in [0.717, 1.165) is 16.5 Å². The van der Waals surface area contributed by atoms with Crippen LogP contribution < -0.4 is 20.5 Å². The third-order valence-corrected chi connectivity index (χ3v) is 5.56. The molecule has 1 aliphatic rings. The van der Waals surface area contributed by atoms with Crippen molar-refractivity contribution in [3.05, 3.63) is 59.8 Å². The minimum absolute atomic E-state index is 0.0626. The number of carbonyl (C=O) groups is 3. The summed E-state index contributed by atoms with van der Waals surface area (Å²) in [6, 6.07) is 13.1. The van der Waals surface area contributed by atoms with E-state index in [4.69, 9.17) is 4.74 Å². The zero-order valence-electron chi connectivity index (χ0n) is 17.6. The van der Waals surface area contributed by atoms with Gasteiger partial charge in [-0.25, -0.2) is 0 Å². The van der Waals surface area contributed by atoms with Gasteiger partial charge in [-0.1, -0.05) is 24.3 Å². The first-order valence-corrected chi connectivity index (χ1v) is 9.98. The van der Waals surface area contributed by atoms with Gasteiger partial charge >= 0.3 is 0 Å². The first-order chi connectivity index (χ1) is 14.9. The number of fused-ring (bicyclic) bond motifs is 1. The molecule has 0 spiro atoms. The summed E-state index contributed by atoms with van der Waals surface area (Å²) in [5.41, 5.74) is 7.96. The van der Waals surface area contributed by atoms with Gasteiger partial charge in [-0.2, -0.15) is 0 Å². The molecule has 1 unspecified atom stereocenters. The molecule has 0 radical (unpaired) electrons. The SMILES string of the molecule is COc1ccc(C)cc1N1CC(C(=O)NNC(=O)c2cn(C)c3ccccc23)CC1=O. The molecule has 3 aromatic rings. The number of amides is 3. The molecule has 3 amide bonds. The van der Waals surface area contributed by atoms with Crippen LogP contribution >= 0.6 is 0 Å². The Morgan fingerprint density at radius 2 is 1.90 bits per heavy atom. The van der Waals surface area contributed by atoms with Crippen molar-refractivity contribution in [3.8, 4) is 5.75 Å². The van der Waals surface area contributed by atoms with Gasteiger partial charge in [-0.05, 0) is 30.7 Å². The summed E-state index contributed by atoms with van der Waals surface area (Å²) in [6.45, 7) is 2.14. The predicted octanol–water partition coefficient (Wildman–Crippen LogP) is 2.31. The van der Waals surface area contributed by atoms with Gasteiger partial charge in [0.25, 0.3) is 5.91 Å². The molecule has 1 aliphatic heterocycles. The Hall–Kier alpha value is -3.81. The van der Waals surface area contributed by atoms with Crippen molar-refractivity contribution in [3.63, 3.8) is 0 Å². The Balaban J connectivity index is 1.43. The molecule has 2 aromatic carbocycles. The number of aryl methyl sites for hydroxylation is 2. The van der Waals surface area contributed by atoms with Crippen molar-refractivity contribution in [2.24, 2.45) is 13.0 Å². The zero-order valence-corrected chi connectivity index (χ0v) is 17.6. The number of hydrogen-bond donors (Lipinski definition) is 2. The molecule has 2 N–H and O–H groups in total. The monoisotopic (exact) mass is 420 g/mol. The lowest BCUT2D eigenvalue weighted by atomic mass is 10.1. The molecule has 1 fully saturated rings. The summed E-state index contributed by atoms with van der Waals surface area (Å²) >= 11 is 0. The second kappa shape index (κ2) is 8.14. The van der Waals surface area contributed by atoms with Crippen molar-refractivity contribution in [2.75, 3.05) is 18.6 Å². The van der Waals surface area contributed by atoms with Crippen molar-refractivity contribution in [2.45, 2.75) is 13.3 Å². The fraction of sp³-hybridized carbons (Fsp3) is 0.261. The van der Waals surface area contributed by atoms with Gasteiger partial charge < -0.3 is 14.2 Å². The standard InChI is InChI=1S/C23H24N4O4/c1-14-8-9-20(31-3)19(10-14)27-12-15(11-21(27)28)22(29)24-25-23(30)17-13-26(2)18-7-5-4-6-16(17)18/h4-10,13,15H,11-12H2,1-3H3,(H,24,29)(H,25,30). The highest BCUT2D eigenvalue weighted by molar-refractivity contribution is 6.07. The number of carbonyl (C=O) groups excluding carboxylic acids is 3. The van der Waals surface area contributed by atoms with Crippen molar-refractivity contribution in [1.29, 1.82) is 0 Å². The molecule has 1 saturated heterocycles. The maximum Gasteiger partial charge on any atom is 0.271 e. The van der Waals surface area contributed by atoms with Crippen LogP contribution in [0.2, 0.25) is 0 Å². The molecule has 8 nitrogen and oxygen atoms in total. The Bertz CT molecular complexity index is 1180. The fourth-order valence-corrected chi connectivity index (χ4v) is 3.94. The number of anilines is 1. The summed E-state index contributed by atoms with van der Waals surface area (Å²) in [5, 5.41) is 0.797. The summed E-state index contributed by atoms with van der Waals surface area (Å²) in [6.07, 6.45) is 1.78. The number of rotatable bonds is 4. The second-order valence-corrected chi connectivity index (χ2v) is 7.69. The average molecular weight is 420 g/mol. The van der Waals surface area contributed by atoms with E-state index in [9.17, 15) is 14.4 Å². The highest BCUT2D eigenvalue weighted by Crippen LogP contribution is 2.33. The predicted molar refractivity (Wildman–Crippen MR) is 117 cm³/mol. The Labute approximate surface area is 179 Å². The lowest BCUT2D eigenvalue weighted by Crippen LogP contribution is -2.45. The highest BCUT2D eigenvalue weighted by atomic mass is 16.5. The number of aromatic nitrogens is 1. The van der Waals surface area contributed by atoms with E-state index < -0.39 is 17.7 Å². The fourth-order valence-electron chi connectivity index (χ4n) is 3.94. The Kier molecular flexibility index (Phi) is 5.37. The Morgan fingerprint density at radius 1 is 1.13 bits per heavy atom. The van der Waals surface area contributed by atoms with E-state index in [2.05, 4.69) is 10.9 Å². The van der Waals surface area contributed by atoms with E-state index >= 15 is 0 Å². The smallest absolute Gasteiger partial charge is 0.271 e. The number of hydrogen-bond acceptors (Lipinski definition) is 4. The molecule has 31 heavy (non-hydrogen) atoms. The molecule has 1 atom stereocenters. The number of nitrogens with one attached hydrogen (secondary N) is 2. The summed E-state index contributed by atoms with van der Waals surface area (Å²) in [7, 11) is 3.40. The quantitative estimate of drug-likeness (QED) is 0.634. The summed E-state index contributed by atoms with van der Waals surface area (Å²) < 4.78 is 7.22. The molecule has 0 saturated carbocycles. The molecule has 2 heterocycles. The third kappa shape index (κ3) is 3.84. The van der Waals surface area contributed by atoms with Gasteiger partial charge in [0, 0.05) is 37.1 Å². The van der Waals surface area contributed by atoms with Crippen LogP contribution in [0.15, 0.2) is 48.7 Å². The van der Waals surface area contributed by atoms with Gasteiger partial charge in [-0.15, -0.1) is 0 Å². The van der Waals surface area contributed by atoms with Gasteiger partial charge in [-0.3, -0.25) is 25.2 Å². The largest absolute Gasteiger partial charge is 0.495 e. The van der Waals surface area contributed by atoms with Gasteiger partial charge in [0.2, 0.25) is 11.8 Å². The minimum Gasteiger partial charge on any atom is -0.495 e. The molecule has 8 heteroatoms. The van der Waals surface area contributed by atoms with Crippen LogP contribution in [0, 0.1) is 12.8 Å². The van der Waals surface area contributed by atoms with Crippen LogP contribution in [0.4, 0.5) is 5.69 Å². The molecular formula is C23H24N4O4. The lowest BCUT2D eigenvalue weighted by Gasteiger charge is -2.20. The number of benzene rings is 2. The highest BCUT2D eigenvalue weighted by Gasteiger charge is 2.36. The van der Waals surface area contributed by atoms with Crippen molar-refractivity contribution < 1.29 is 19.1 Å². The van der Waals surface area contributed by atoms with E-state index in [1.54, 1.807) is 24.3 Å². The molecule has 1 aromatic heterocycles. The van der Waals surface area contributed by atoms with E-state index in [0.29, 0.717) is 17.0 Å². The summed E-state index contributed by atoms with van der Waals surface area (Å²) in [4.78, 5) is 39.4. The van der Waals surface area contributed by atoms with Gasteiger partial charge in [0.1, 0.15) is 5.75 Å². The topological polar surface area (TPSA) is 92.7 Å². The van der Waals surface area contributed by atoms with Crippen LogP contribution in [-0.4, -0.2) is 35.9 Å². The van der Waals surface area contributed by atoms with E-state index in [-0.39, 0.29) is 18.9 Å². The number of ether oxygens (including phenoxy) is 1. The first-order valence-electron chi connectivity index (χ1n) is 9.98. The number of nitrogens with zero attached hydrogens (tertiary/aromatic N) is 2. The maximum absolute atomic E-state index is 12.7. The number of para-hydroxylation sites is 1. The molecule has 4 rings (SSSR count). The van der Waals surface area contributed by atoms with Gasteiger partial charge in [0.05, 0.1) is 24.3 Å². The third-order valence-electron chi connectivity index (χ3n) is 5.56. The van der Waals surface area contributed by atoms with Gasteiger partial charge in [0.15, 0.2) is 0 Å². The first kappa shape index (κ1) is 20.5. The zero-order chi connectivity index (χ0) is 22.1. The number of hydrazine groups is 1. The van der Waals surface area contributed by atoms with Crippen LogP contribution in [0.3, 0.4) is 0 Å². The van der Waals surface area contributed by atoms with Crippen LogP contribution in [0.5, 0.6) is 5.75 Å². The van der Waals surface area contributed by atoms with Crippen molar-refractivity contribution in [1.82, 2.24) is 15.4 Å². The van der Waals surface area contributed by atoms with Crippen LogP contribution in [-0.2, 0) is 16.6 Å². The molecule has 0 bridgehead atoms. The van der Waals surface area contributed by atoms with E-state index in [1.807, 2.05) is 54.9 Å². The molecule has 0 aliphatic carbocycles. The summed E-state index contributed by atoms with van der Waals surface area (Å²) in [5.74, 6) is -0.984. The normalized spacial score (nSPS) is 15.9. The van der Waals surface area contributed by atoms with Crippen LogP contribution in [0.25, 0.3) is 10.9 Å². The second-order valence-electron chi connectivity index (χ2n) is 7.69. The average Bonchev–Trinajstić information content (AvgIpc) is 3.32.